The summed E-state index contributed by atoms with van der Waals surface area (Å²) in [5.41, 5.74) is 0.939. The van der Waals surface area contributed by atoms with Crippen LogP contribution in [-0.2, 0) is 16.1 Å². The molecule has 2 saturated heterocycles. The zero-order valence-electron chi connectivity index (χ0n) is 14.1. The quantitative estimate of drug-likeness (QED) is 0.844. The highest BCUT2D eigenvalue weighted by molar-refractivity contribution is 5.76. The molecule has 0 radical (unpaired) electrons. The van der Waals surface area contributed by atoms with Gasteiger partial charge in [0, 0.05) is 39.3 Å². The third-order valence-corrected chi connectivity index (χ3v) is 5.30. The van der Waals surface area contributed by atoms with E-state index in [9.17, 15) is 9.59 Å². The van der Waals surface area contributed by atoms with Crippen LogP contribution in [0.25, 0.3) is 0 Å². The molecule has 2 fully saturated rings. The number of amides is 2. The molecule has 0 saturated carbocycles. The van der Waals surface area contributed by atoms with E-state index in [0.29, 0.717) is 18.4 Å². The Kier molecular flexibility index (Phi) is 4.68. The Morgan fingerprint density at radius 1 is 1.13 bits per heavy atom. The third-order valence-electron chi connectivity index (χ3n) is 5.30. The first-order chi connectivity index (χ1) is 11.0. The second kappa shape index (κ2) is 6.72. The minimum Gasteiger partial charge on any atom is -0.343 e. The zero-order chi connectivity index (χ0) is 16.4. The highest BCUT2D eigenvalue weighted by Gasteiger charge is 2.34. The molecule has 1 atom stereocenters. The summed E-state index contributed by atoms with van der Waals surface area (Å²) in [5, 5.41) is 4.29. The fourth-order valence-corrected chi connectivity index (χ4v) is 3.87. The van der Waals surface area contributed by atoms with E-state index in [2.05, 4.69) is 5.10 Å². The molecule has 2 aliphatic rings. The van der Waals surface area contributed by atoms with E-state index >= 15 is 0 Å². The number of likely N-dealkylation sites (tertiary alicyclic amines) is 2. The van der Waals surface area contributed by atoms with E-state index in [4.69, 9.17) is 0 Å². The number of carbonyl (C=O) groups is 2. The number of aryl methyl sites for hydroxylation is 1. The maximum absolute atomic E-state index is 12.4. The molecule has 3 rings (SSSR count). The van der Waals surface area contributed by atoms with Crippen LogP contribution in [-0.4, -0.2) is 57.6 Å². The van der Waals surface area contributed by atoms with Crippen LogP contribution in [0.5, 0.6) is 0 Å². The minimum atomic E-state index is 0.164. The van der Waals surface area contributed by atoms with Gasteiger partial charge in [-0.05, 0) is 44.1 Å². The highest BCUT2D eigenvalue weighted by atomic mass is 16.2. The summed E-state index contributed by atoms with van der Waals surface area (Å²) in [5.74, 6) is 1.58. The van der Waals surface area contributed by atoms with E-state index in [0.717, 1.165) is 51.1 Å². The summed E-state index contributed by atoms with van der Waals surface area (Å²) < 4.78 is 1.72. The van der Waals surface area contributed by atoms with Crippen molar-refractivity contribution in [3.05, 3.63) is 18.0 Å². The van der Waals surface area contributed by atoms with Crippen molar-refractivity contribution < 1.29 is 9.59 Å². The fraction of sp³-hybridized carbons (Fsp3) is 0.706. The first-order valence-corrected chi connectivity index (χ1v) is 8.56. The van der Waals surface area contributed by atoms with Gasteiger partial charge in [0.05, 0.1) is 5.69 Å². The Bertz CT molecular complexity index is 575. The lowest BCUT2D eigenvalue weighted by atomic mass is 9.84. The molecule has 0 N–H and O–H groups in total. The molecular formula is C17H26N4O2. The Morgan fingerprint density at radius 2 is 1.78 bits per heavy atom. The van der Waals surface area contributed by atoms with Crippen molar-refractivity contribution in [2.24, 2.45) is 11.8 Å². The van der Waals surface area contributed by atoms with Crippen molar-refractivity contribution in [3.8, 4) is 0 Å². The lowest BCUT2D eigenvalue weighted by Gasteiger charge is -2.34. The summed E-state index contributed by atoms with van der Waals surface area (Å²) in [4.78, 5) is 27.7. The van der Waals surface area contributed by atoms with Gasteiger partial charge < -0.3 is 9.80 Å². The predicted molar refractivity (Wildman–Crippen MR) is 86.6 cm³/mol. The number of rotatable bonds is 3. The van der Waals surface area contributed by atoms with Gasteiger partial charge in [-0.2, -0.15) is 5.10 Å². The summed E-state index contributed by atoms with van der Waals surface area (Å²) in [6.07, 6.45) is 5.10. The minimum absolute atomic E-state index is 0.164. The third kappa shape index (κ3) is 3.74. The van der Waals surface area contributed by atoms with Gasteiger partial charge in [0.1, 0.15) is 6.54 Å². The molecule has 23 heavy (non-hydrogen) atoms. The number of hydrogen-bond acceptors (Lipinski definition) is 3. The molecule has 0 aromatic carbocycles. The van der Waals surface area contributed by atoms with Crippen LogP contribution in [0.2, 0.25) is 0 Å². The van der Waals surface area contributed by atoms with Crippen LogP contribution >= 0.6 is 0 Å². The largest absolute Gasteiger partial charge is 0.343 e. The average molecular weight is 318 g/mol. The maximum Gasteiger partial charge on any atom is 0.244 e. The average Bonchev–Trinajstić information content (AvgIpc) is 3.16. The monoisotopic (exact) mass is 318 g/mol. The van der Waals surface area contributed by atoms with Crippen molar-refractivity contribution in [2.45, 2.75) is 39.7 Å². The lowest BCUT2D eigenvalue weighted by molar-refractivity contribution is -0.131. The van der Waals surface area contributed by atoms with Gasteiger partial charge in [-0.15, -0.1) is 0 Å². The van der Waals surface area contributed by atoms with Crippen LogP contribution in [0.15, 0.2) is 12.3 Å². The first kappa shape index (κ1) is 16.0. The van der Waals surface area contributed by atoms with Crippen LogP contribution in [0, 0.1) is 18.8 Å². The van der Waals surface area contributed by atoms with Crippen LogP contribution in [0.4, 0.5) is 0 Å². The number of nitrogens with zero attached hydrogens (tertiary/aromatic N) is 4. The van der Waals surface area contributed by atoms with Crippen molar-refractivity contribution in [1.29, 1.82) is 0 Å². The normalized spacial score (nSPS) is 22.6. The smallest absolute Gasteiger partial charge is 0.244 e. The highest BCUT2D eigenvalue weighted by Crippen LogP contribution is 2.32. The summed E-state index contributed by atoms with van der Waals surface area (Å²) >= 11 is 0. The fourth-order valence-electron chi connectivity index (χ4n) is 3.87. The standard InChI is InChI=1S/C17H26N4O2/c1-13-3-10-21(18-13)12-17(23)20-9-6-16(11-20)15-4-7-19(8-5-15)14(2)22/h3,10,15-16H,4-9,11-12H2,1-2H3. The predicted octanol–water partition coefficient (Wildman–Crippen LogP) is 1.30. The van der Waals surface area contributed by atoms with Crippen molar-refractivity contribution >= 4 is 11.8 Å². The topological polar surface area (TPSA) is 58.4 Å². The van der Waals surface area contributed by atoms with Crippen molar-refractivity contribution in [3.63, 3.8) is 0 Å². The van der Waals surface area contributed by atoms with Crippen LogP contribution in [0.1, 0.15) is 31.9 Å². The van der Waals surface area contributed by atoms with Gasteiger partial charge in [-0.3, -0.25) is 14.3 Å². The van der Waals surface area contributed by atoms with Gasteiger partial charge in [-0.1, -0.05) is 0 Å². The lowest BCUT2D eigenvalue weighted by Crippen LogP contribution is -2.39. The Balaban J connectivity index is 1.48. The molecule has 2 aliphatic heterocycles. The molecule has 1 aromatic heterocycles. The summed E-state index contributed by atoms with van der Waals surface area (Å²) in [7, 11) is 0. The number of piperidine rings is 1. The second-order valence-electron chi connectivity index (χ2n) is 6.89. The van der Waals surface area contributed by atoms with Gasteiger partial charge in [0.15, 0.2) is 0 Å². The molecular weight excluding hydrogens is 292 g/mol. The summed E-state index contributed by atoms with van der Waals surface area (Å²) in [6.45, 7) is 7.38. The van der Waals surface area contributed by atoms with Crippen molar-refractivity contribution in [1.82, 2.24) is 19.6 Å². The van der Waals surface area contributed by atoms with Gasteiger partial charge in [0.25, 0.3) is 0 Å². The molecule has 0 spiro atoms. The Labute approximate surface area is 137 Å². The van der Waals surface area contributed by atoms with Crippen molar-refractivity contribution in [2.75, 3.05) is 26.2 Å². The van der Waals surface area contributed by atoms with Crippen LogP contribution < -0.4 is 0 Å². The molecule has 126 valence electrons. The molecule has 0 bridgehead atoms. The van der Waals surface area contributed by atoms with Crippen LogP contribution in [0.3, 0.4) is 0 Å². The van der Waals surface area contributed by atoms with Gasteiger partial charge in [0.2, 0.25) is 11.8 Å². The molecule has 1 unspecified atom stereocenters. The summed E-state index contributed by atoms with van der Waals surface area (Å²) in [6, 6.07) is 1.92. The number of hydrogen-bond donors (Lipinski definition) is 0. The zero-order valence-corrected chi connectivity index (χ0v) is 14.1. The second-order valence-corrected chi connectivity index (χ2v) is 6.89. The number of carbonyl (C=O) groups excluding carboxylic acids is 2. The molecule has 0 aliphatic carbocycles. The Morgan fingerprint density at radius 3 is 2.39 bits per heavy atom. The maximum atomic E-state index is 12.4. The first-order valence-electron chi connectivity index (χ1n) is 8.56. The molecule has 3 heterocycles. The number of aromatic nitrogens is 2. The van der Waals surface area contributed by atoms with E-state index in [-0.39, 0.29) is 11.8 Å². The SMILES string of the molecule is CC(=O)N1CCC(C2CCN(C(=O)Cn3ccc(C)n3)C2)CC1. The molecule has 6 heteroatoms. The molecule has 6 nitrogen and oxygen atoms in total. The molecule has 2 amide bonds. The van der Waals surface area contributed by atoms with E-state index in [1.165, 1.54) is 0 Å². The molecule has 1 aromatic rings. The van der Waals surface area contributed by atoms with E-state index < -0.39 is 0 Å². The van der Waals surface area contributed by atoms with E-state index in [1.807, 2.05) is 29.0 Å². The van der Waals surface area contributed by atoms with Gasteiger partial charge >= 0.3 is 0 Å². The van der Waals surface area contributed by atoms with E-state index in [1.54, 1.807) is 11.6 Å². The van der Waals surface area contributed by atoms with Gasteiger partial charge in [-0.25, -0.2) is 0 Å². The Hall–Kier alpha value is -1.85.